The van der Waals surface area contributed by atoms with Crippen molar-refractivity contribution in [1.82, 2.24) is 29.8 Å². The lowest BCUT2D eigenvalue weighted by atomic mass is 10.1. The number of carbonyl (C=O) groups excluding carboxylic acids is 2. The molecule has 1 aliphatic rings. The lowest BCUT2D eigenvalue weighted by Gasteiger charge is -2.17. The van der Waals surface area contributed by atoms with E-state index in [1.54, 1.807) is 31.6 Å². The van der Waals surface area contributed by atoms with Crippen molar-refractivity contribution in [2.45, 2.75) is 51.9 Å². The van der Waals surface area contributed by atoms with Crippen molar-refractivity contribution in [3.05, 3.63) is 84.2 Å². The second kappa shape index (κ2) is 15.1. The van der Waals surface area contributed by atoms with Crippen LogP contribution in [0.25, 0.3) is 17.2 Å². The van der Waals surface area contributed by atoms with Crippen molar-refractivity contribution < 1.29 is 28.5 Å². The normalized spacial score (nSPS) is 18.1. The Kier molecular flexibility index (Phi) is 10.6. The van der Waals surface area contributed by atoms with Gasteiger partial charge in [0.25, 0.3) is 0 Å². The van der Waals surface area contributed by atoms with Crippen molar-refractivity contribution in [2.75, 3.05) is 25.1 Å². The lowest BCUT2D eigenvalue weighted by molar-refractivity contribution is -0.0330. The molecule has 5 rings (SSSR count). The molecule has 0 spiro atoms. The maximum atomic E-state index is 12.3. The minimum atomic E-state index is -0.573. The maximum absolute atomic E-state index is 12.3. The van der Waals surface area contributed by atoms with E-state index in [1.807, 2.05) is 54.0 Å². The molecule has 1 aromatic carbocycles. The molecule has 2 amide bonds. The van der Waals surface area contributed by atoms with Crippen molar-refractivity contribution in [3.63, 3.8) is 0 Å². The molecule has 0 aliphatic carbocycles. The molecule has 4 aromatic rings. The highest BCUT2D eigenvalue weighted by atomic mass is 16.7. The molecule has 1 saturated heterocycles. The lowest BCUT2D eigenvalue weighted by Crippen LogP contribution is -2.29. The second-order valence-electron chi connectivity index (χ2n) is 9.82. The molecule has 0 radical (unpaired) electrons. The van der Waals surface area contributed by atoms with Gasteiger partial charge in [-0.05, 0) is 44.0 Å². The molecular formula is C31H35N7O6. The molecule has 13 nitrogen and oxygen atoms in total. The fourth-order valence-corrected chi connectivity index (χ4v) is 4.74. The van der Waals surface area contributed by atoms with Gasteiger partial charge in [0.2, 0.25) is 0 Å². The van der Waals surface area contributed by atoms with Crippen LogP contribution >= 0.6 is 0 Å². The van der Waals surface area contributed by atoms with Gasteiger partial charge in [-0.15, -0.1) is 0 Å². The summed E-state index contributed by atoms with van der Waals surface area (Å²) >= 11 is 0. The van der Waals surface area contributed by atoms with Gasteiger partial charge in [0, 0.05) is 19.3 Å². The first-order valence-corrected chi connectivity index (χ1v) is 14.5. The number of imidazole rings is 1. The first-order chi connectivity index (χ1) is 21.6. The number of aromatic nitrogens is 5. The summed E-state index contributed by atoms with van der Waals surface area (Å²) in [6.07, 6.45) is 7.75. The molecule has 230 valence electrons. The Balaban J connectivity index is 1.27. The number of ether oxygens (including phenoxy) is 4. The highest BCUT2D eigenvalue weighted by molar-refractivity contribution is 5.95. The number of pyridine rings is 1. The Labute approximate surface area is 254 Å². The number of nitrogens with zero attached hydrogens (tertiary/aromatic N) is 5. The third-order valence-electron chi connectivity index (χ3n) is 6.80. The maximum Gasteiger partial charge on any atom is 0.340 e. The first kappa shape index (κ1) is 30.7. The van der Waals surface area contributed by atoms with E-state index in [-0.39, 0.29) is 31.5 Å². The Morgan fingerprint density at radius 2 is 1.86 bits per heavy atom. The van der Waals surface area contributed by atoms with Crippen LogP contribution in [-0.4, -0.2) is 74.8 Å². The number of hydrogen-bond acceptors (Lipinski definition) is 10. The number of amides is 2. The smallest absolute Gasteiger partial charge is 0.340 e. The molecule has 3 atom stereocenters. The van der Waals surface area contributed by atoms with Gasteiger partial charge in [0.15, 0.2) is 23.3 Å². The summed E-state index contributed by atoms with van der Waals surface area (Å²) in [6.45, 7) is 5.22. The van der Waals surface area contributed by atoms with Gasteiger partial charge in [-0.25, -0.2) is 24.5 Å². The van der Waals surface area contributed by atoms with Crippen LogP contribution in [0.3, 0.4) is 0 Å². The molecule has 3 aromatic heterocycles. The van der Waals surface area contributed by atoms with Crippen molar-refractivity contribution in [1.29, 1.82) is 0 Å². The highest BCUT2D eigenvalue weighted by Gasteiger charge is 2.35. The minimum absolute atomic E-state index is 0.148. The molecule has 1 aliphatic heterocycles. The average molecular weight is 602 g/mol. The Bertz CT molecular complexity index is 1580. The topological polar surface area (TPSA) is 152 Å². The summed E-state index contributed by atoms with van der Waals surface area (Å²) in [5.41, 5.74) is 2.94. The number of nitrogens with one attached hydrogen (secondary N) is 2. The minimum Gasteiger partial charge on any atom is -0.462 e. The third kappa shape index (κ3) is 7.81. The van der Waals surface area contributed by atoms with E-state index < -0.39 is 12.3 Å². The van der Waals surface area contributed by atoms with Gasteiger partial charge < -0.3 is 28.8 Å². The zero-order valence-electron chi connectivity index (χ0n) is 24.6. The first-order valence-electron chi connectivity index (χ1n) is 14.5. The van der Waals surface area contributed by atoms with Gasteiger partial charge in [0.1, 0.15) is 12.4 Å². The van der Waals surface area contributed by atoms with Gasteiger partial charge >= 0.3 is 12.0 Å². The number of anilines is 1. The van der Waals surface area contributed by atoms with Gasteiger partial charge in [-0.1, -0.05) is 36.4 Å². The van der Waals surface area contributed by atoms with E-state index in [2.05, 4.69) is 30.6 Å². The van der Waals surface area contributed by atoms with E-state index in [0.717, 1.165) is 5.56 Å². The number of fused-ring (bicyclic) bond motifs is 1. The van der Waals surface area contributed by atoms with E-state index >= 15 is 0 Å². The fourth-order valence-electron chi connectivity index (χ4n) is 4.74. The number of urea groups is 1. The van der Waals surface area contributed by atoms with Crippen LogP contribution < -0.4 is 10.6 Å². The largest absolute Gasteiger partial charge is 0.462 e. The van der Waals surface area contributed by atoms with Gasteiger partial charge in [-0.2, -0.15) is 0 Å². The average Bonchev–Trinajstić information content (AvgIpc) is 3.63. The summed E-state index contributed by atoms with van der Waals surface area (Å²) in [5.74, 6) is -0.117. The van der Waals surface area contributed by atoms with E-state index in [4.69, 9.17) is 18.9 Å². The van der Waals surface area contributed by atoms with Crippen LogP contribution in [-0.2, 0) is 32.1 Å². The standard InChI is InChI=1S/C31H35N7O6/c1-3-32-31(40)37-28-27-29(35-19-34-28)38(20-36-27)17-25-24(43-26(44-25)13-12-21-9-6-5-7-10-21)14-16-41-18-23-22(11-8-15-33-23)30(39)42-4-2/h5-13,15,19-20,24-26H,3-4,14,16-18H2,1-2H3,(H2,32,34,35,37,40)/b13-12+/t24?,25?,26-/m0/s1. The summed E-state index contributed by atoms with van der Waals surface area (Å²) in [4.78, 5) is 41.7. The van der Waals surface area contributed by atoms with E-state index in [0.29, 0.717) is 54.4 Å². The number of esters is 1. The van der Waals surface area contributed by atoms with Crippen molar-refractivity contribution in [3.8, 4) is 0 Å². The second-order valence-corrected chi connectivity index (χ2v) is 9.82. The Morgan fingerprint density at radius 1 is 1.02 bits per heavy atom. The fraction of sp³-hybridized carbons (Fsp3) is 0.355. The molecule has 4 heterocycles. The predicted octanol–water partition coefficient (Wildman–Crippen LogP) is 3.97. The Hall–Kier alpha value is -4.72. The zero-order chi connectivity index (χ0) is 30.7. The van der Waals surface area contributed by atoms with Crippen LogP contribution in [0.4, 0.5) is 10.6 Å². The van der Waals surface area contributed by atoms with Crippen LogP contribution in [0.15, 0.2) is 67.4 Å². The number of benzene rings is 1. The molecule has 44 heavy (non-hydrogen) atoms. The quantitative estimate of drug-likeness (QED) is 0.170. The van der Waals surface area contributed by atoms with Gasteiger partial charge in [-0.3, -0.25) is 10.3 Å². The van der Waals surface area contributed by atoms with Crippen LogP contribution in [0.5, 0.6) is 0 Å². The predicted molar refractivity (Wildman–Crippen MR) is 161 cm³/mol. The number of rotatable bonds is 13. The summed E-state index contributed by atoms with van der Waals surface area (Å²) in [5, 5.41) is 5.39. The van der Waals surface area contributed by atoms with Crippen molar-refractivity contribution in [2.24, 2.45) is 0 Å². The summed E-state index contributed by atoms with van der Waals surface area (Å²) in [6, 6.07) is 12.9. The molecule has 0 bridgehead atoms. The summed E-state index contributed by atoms with van der Waals surface area (Å²) in [7, 11) is 0. The number of carbonyl (C=O) groups is 2. The molecule has 2 N–H and O–H groups in total. The molecule has 2 unspecified atom stereocenters. The van der Waals surface area contributed by atoms with Crippen molar-refractivity contribution >= 4 is 35.1 Å². The summed E-state index contributed by atoms with van der Waals surface area (Å²) < 4.78 is 25.5. The molecule has 13 heteroatoms. The van der Waals surface area contributed by atoms with Gasteiger partial charge in [0.05, 0.1) is 43.4 Å². The van der Waals surface area contributed by atoms with Crippen LogP contribution in [0.1, 0.15) is 41.9 Å². The van der Waals surface area contributed by atoms with E-state index in [9.17, 15) is 9.59 Å². The SMILES string of the molecule is CCNC(=O)Nc1ncnc2c1ncn2CC1O[C@@H](/C=C/c2ccccc2)OC1CCOCc1ncccc1C(=O)OCC. The monoisotopic (exact) mass is 601 g/mol. The zero-order valence-corrected chi connectivity index (χ0v) is 24.6. The molecule has 1 fully saturated rings. The van der Waals surface area contributed by atoms with Crippen LogP contribution in [0, 0.1) is 0 Å². The Morgan fingerprint density at radius 3 is 2.68 bits per heavy atom. The molecule has 0 saturated carbocycles. The molecular weight excluding hydrogens is 566 g/mol. The van der Waals surface area contributed by atoms with Crippen LogP contribution in [0.2, 0.25) is 0 Å². The van der Waals surface area contributed by atoms with E-state index in [1.165, 1.54) is 6.33 Å². The third-order valence-corrected chi connectivity index (χ3v) is 6.80. The number of hydrogen-bond donors (Lipinski definition) is 2. The highest BCUT2D eigenvalue weighted by Crippen LogP contribution is 2.27.